The highest BCUT2D eigenvalue weighted by Gasteiger charge is 2.36. The smallest absolute Gasteiger partial charge is 0.166 e. The number of hydrogen-bond acceptors (Lipinski definition) is 5. The van der Waals surface area contributed by atoms with Crippen LogP contribution in [-0.4, -0.2) is 53.5 Å². The largest absolute Gasteiger partial charge is 0.393 e. The van der Waals surface area contributed by atoms with Crippen molar-refractivity contribution in [1.82, 2.24) is 4.90 Å². The molecule has 4 nitrogen and oxygen atoms in total. The Kier molecular flexibility index (Phi) is 6.37. The van der Waals surface area contributed by atoms with Gasteiger partial charge in [-0.2, -0.15) is 11.8 Å². The van der Waals surface area contributed by atoms with Gasteiger partial charge < -0.3 is 5.73 Å². The molecule has 0 aromatic carbocycles. The number of thiocarbonyl (C=S) groups is 1. The van der Waals surface area contributed by atoms with E-state index in [-0.39, 0.29) is 17.2 Å². The Hall–Kier alpha value is 0.150. The molecule has 0 aromatic heterocycles. The highest BCUT2D eigenvalue weighted by atomic mass is 32.2. The van der Waals surface area contributed by atoms with Crippen LogP contribution in [0.15, 0.2) is 0 Å². The van der Waals surface area contributed by atoms with Gasteiger partial charge in [-0.05, 0) is 6.42 Å². The van der Waals surface area contributed by atoms with Crippen molar-refractivity contribution >= 4 is 38.8 Å². The number of thioether (sulfide) groups is 1. The van der Waals surface area contributed by atoms with E-state index in [4.69, 9.17) is 18.0 Å². The summed E-state index contributed by atoms with van der Waals surface area (Å²) < 4.78 is 24.3. The summed E-state index contributed by atoms with van der Waals surface area (Å²) in [6.07, 6.45) is 1.48. The van der Waals surface area contributed by atoms with E-state index < -0.39 is 9.84 Å². The van der Waals surface area contributed by atoms with Gasteiger partial charge in [-0.25, -0.2) is 8.42 Å². The summed E-state index contributed by atoms with van der Waals surface area (Å²) >= 11 is 6.68. The first-order chi connectivity index (χ1) is 8.42. The monoisotopic (exact) mass is 310 g/mol. The molecule has 0 spiro atoms. The number of hydrogen-bond donors (Lipinski definition) is 1. The van der Waals surface area contributed by atoms with Gasteiger partial charge in [0.05, 0.1) is 4.99 Å². The molecular weight excluding hydrogens is 288 g/mol. The number of nitrogens with two attached hydrogens (primary N) is 1. The second-order valence-electron chi connectivity index (χ2n) is 4.45. The highest BCUT2D eigenvalue weighted by Crippen LogP contribution is 2.25. The van der Waals surface area contributed by atoms with E-state index >= 15 is 0 Å². The zero-order chi connectivity index (χ0) is 13.8. The van der Waals surface area contributed by atoms with Crippen molar-refractivity contribution in [3.05, 3.63) is 0 Å². The maximum absolute atomic E-state index is 12.2. The molecule has 1 rings (SSSR count). The van der Waals surface area contributed by atoms with E-state index in [1.165, 1.54) is 0 Å². The van der Waals surface area contributed by atoms with Gasteiger partial charge in [0.25, 0.3) is 0 Å². The average Bonchev–Trinajstić information content (AvgIpc) is 2.35. The molecule has 2 atom stereocenters. The molecular formula is C11H22N2O2S3. The van der Waals surface area contributed by atoms with Gasteiger partial charge in [0.2, 0.25) is 0 Å². The Bertz CT molecular complexity index is 384. The molecule has 7 heteroatoms. The van der Waals surface area contributed by atoms with Gasteiger partial charge >= 0.3 is 0 Å². The second-order valence-corrected chi connectivity index (χ2v) is 8.57. The van der Waals surface area contributed by atoms with Crippen molar-refractivity contribution in [2.24, 2.45) is 5.73 Å². The predicted molar refractivity (Wildman–Crippen MR) is 82.8 cm³/mol. The van der Waals surface area contributed by atoms with Gasteiger partial charge in [0, 0.05) is 36.3 Å². The summed E-state index contributed by atoms with van der Waals surface area (Å²) in [5.41, 5.74) is 5.61. The summed E-state index contributed by atoms with van der Waals surface area (Å²) in [5.74, 6) is 1.83. The van der Waals surface area contributed by atoms with Crippen LogP contribution >= 0.6 is 24.0 Å². The fourth-order valence-corrected chi connectivity index (χ4v) is 5.53. The highest BCUT2D eigenvalue weighted by molar-refractivity contribution is 8.01. The van der Waals surface area contributed by atoms with Crippen LogP contribution in [0.2, 0.25) is 0 Å². The first-order valence-electron chi connectivity index (χ1n) is 6.25. The number of nitrogens with zero attached hydrogens (tertiary/aromatic N) is 1. The molecule has 0 bridgehead atoms. The van der Waals surface area contributed by atoms with Gasteiger partial charge in [0.1, 0.15) is 5.37 Å². The zero-order valence-corrected chi connectivity index (χ0v) is 13.4. The third-order valence-corrected chi connectivity index (χ3v) is 6.79. The van der Waals surface area contributed by atoms with Crippen molar-refractivity contribution in [3.8, 4) is 0 Å². The Morgan fingerprint density at radius 3 is 2.72 bits per heavy atom. The predicted octanol–water partition coefficient (Wildman–Crippen LogP) is 1.25. The Labute approximate surface area is 120 Å². The Morgan fingerprint density at radius 2 is 2.22 bits per heavy atom. The SMILES string of the molecule is CCC(CC(N)=S)N1CCSCC1S(=O)(=O)CC. The van der Waals surface area contributed by atoms with Gasteiger partial charge in [-0.1, -0.05) is 26.1 Å². The van der Waals surface area contributed by atoms with E-state index in [0.717, 1.165) is 18.7 Å². The molecule has 1 fully saturated rings. The van der Waals surface area contributed by atoms with E-state index in [9.17, 15) is 8.42 Å². The minimum Gasteiger partial charge on any atom is -0.393 e. The van der Waals surface area contributed by atoms with Gasteiger partial charge in [-0.3, -0.25) is 4.90 Å². The van der Waals surface area contributed by atoms with E-state index in [0.29, 0.717) is 17.2 Å². The summed E-state index contributed by atoms with van der Waals surface area (Å²) in [6.45, 7) is 4.57. The van der Waals surface area contributed by atoms with Crippen LogP contribution in [0.1, 0.15) is 26.7 Å². The molecule has 1 saturated heterocycles. The third kappa shape index (κ3) is 4.08. The molecule has 18 heavy (non-hydrogen) atoms. The zero-order valence-electron chi connectivity index (χ0n) is 11.0. The fraction of sp³-hybridized carbons (Fsp3) is 0.909. The van der Waals surface area contributed by atoms with Crippen LogP contribution in [0.5, 0.6) is 0 Å². The minimum atomic E-state index is -3.04. The molecule has 0 saturated carbocycles. The number of sulfone groups is 1. The van der Waals surface area contributed by atoms with Gasteiger partial charge in [-0.15, -0.1) is 0 Å². The van der Waals surface area contributed by atoms with E-state index in [2.05, 4.69) is 11.8 Å². The minimum absolute atomic E-state index is 0.148. The Morgan fingerprint density at radius 1 is 1.56 bits per heavy atom. The maximum atomic E-state index is 12.2. The lowest BCUT2D eigenvalue weighted by Crippen LogP contribution is -2.53. The fourth-order valence-electron chi connectivity index (χ4n) is 2.24. The van der Waals surface area contributed by atoms with E-state index in [1.54, 1.807) is 18.7 Å². The molecule has 1 heterocycles. The third-order valence-electron chi connectivity index (χ3n) is 3.32. The normalized spacial score (nSPS) is 23.8. The second kappa shape index (κ2) is 7.07. The average molecular weight is 311 g/mol. The van der Waals surface area contributed by atoms with Crippen molar-refractivity contribution < 1.29 is 8.42 Å². The van der Waals surface area contributed by atoms with Crippen molar-refractivity contribution in [3.63, 3.8) is 0 Å². The van der Waals surface area contributed by atoms with Crippen LogP contribution in [0.25, 0.3) is 0 Å². The van der Waals surface area contributed by atoms with Crippen molar-refractivity contribution in [1.29, 1.82) is 0 Å². The summed E-state index contributed by atoms with van der Waals surface area (Å²) in [5, 5.41) is -0.374. The maximum Gasteiger partial charge on any atom is 0.166 e. The summed E-state index contributed by atoms with van der Waals surface area (Å²) in [7, 11) is -3.04. The standard InChI is InChI=1S/C11H22N2O2S3/c1-3-9(7-10(12)16)13-5-6-17-8-11(13)18(14,15)4-2/h9,11H,3-8H2,1-2H3,(H2,12,16). The van der Waals surface area contributed by atoms with Crippen LogP contribution < -0.4 is 5.73 Å². The molecule has 1 aliphatic rings. The lowest BCUT2D eigenvalue weighted by molar-refractivity contribution is 0.191. The molecule has 0 aromatic rings. The molecule has 2 N–H and O–H groups in total. The first-order valence-corrected chi connectivity index (χ1v) is 9.53. The number of rotatable bonds is 6. The summed E-state index contributed by atoms with van der Waals surface area (Å²) in [4.78, 5) is 2.56. The molecule has 106 valence electrons. The molecule has 0 radical (unpaired) electrons. The Balaban J connectivity index is 2.90. The van der Waals surface area contributed by atoms with Crippen molar-refractivity contribution in [2.45, 2.75) is 38.1 Å². The molecule has 1 aliphatic heterocycles. The van der Waals surface area contributed by atoms with Crippen molar-refractivity contribution in [2.75, 3.05) is 23.8 Å². The molecule has 2 unspecified atom stereocenters. The van der Waals surface area contributed by atoms with Crippen LogP contribution in [0.4, 0.5) is 0 Å². The lowest BCUT2D eigenvalue weighted by atomic mass is 10.1. The van der Waals surface area contributed by atoms with E-state index in [1.807, 2.05) is 0 Å². The lowest BCUT2D eigenvalue weighted by Gasteiger charge is -2.40. The topological polar surface area (TPSA) is 63.4 Å². The van der Waals surface area contributed by atoms with Gasteiger partial charge in [0.15, 0.2) is 9.84 Å². The molecule has 0 amide bonds. The summed E-state index contributed by atoms with van der Waals surface area (Å²) in [6, 6.07) is 0.148. The molecule has 0 aliphatic carbocycles. The first kappa shape index (κ1) is 16.2. The quantitative estimate of drug-likeness (QED) is 0.745. The van der Waals surface area contributed by atoms with Crippen LogP contribution in [0.3, 0.4) is 0 Å². The van der Waals surface area contributed by atoms with Crippen LogP contribution in [-0.2, 0) is 9.84 Å². The van der Waals surface area contributed by atoms with Crippen LogP contribution in [0, 0.1) is 0 Å².